The molecular formula is C27H25FN2O5. The van der Waals surface area contributed by atoms with Crippen LogP contribution in [0.1, 0.15) is 41.3 Å². The topological polar surface area (TPSA) is 105 Å². The zero-order chi connectivity index (χ0) is 25.1. The molecule has 0 unspecified atom stereocenters. The Bertz CT molecular complexity index is 1240. The van der Waals surface area contributed by atoms with Crippen LogP contribution < -0.4 is 10.6 Å². The molecule has 0 heterocycles. The fraction of sp³-hybridized carbons (Fsp3) is 0.222. The predicted molar refractivity (Wildman–Crippen MR) is 129 cm³/mol. The molecular weight excluding hydrogens is 451 g/mol. The molecule has 1 aliphatic rings. The second kappa shape index (κ2) is 9.97. The summed E-state index contributed by atoms with van der Waals surface area (Å²) in [7, 11) is 0. The Balaban J connectivity index is 1.45. The maximum atomic E-state index is 15.0. The van der Waals surface area contributed by atoms with Gasteiger partial charge in [-0.1, -0.05) is 68.4 Å². The van der Waals surface area contributed by atoms with Crippen LogP contribution in [0.4, 0.5) is 14.9 Å². The lowest BCUT2D eigenvalue weighted by Gasteiger charge is -2.18. The first kappa shape index (κ1) is 23.9. The van der Waals surface area contributed by atoms with Crippen molar-refractivity contribution in [2.24, 2.45) is 5.92 Å². The Morgan fingerprint density at radius 1 is 0.943 bits per heavy atom. The number of benzene rings is 3. The van der Waals surface area contributed by atoms with Gasteiger partial charge in [0, 0.05) is 5.92 Å². The van der Waals surface area contributed by atoms with Crippen LogP contribution in [0.2, 0.25) is 0 Å². The molecule has 1 aliphatic carbocycles. The van der Waals surface area contributed by atoms with E-state index in [-0.39, 0.29) is 23.8 Å². The van der Waals surface area contributed by atoms with Crippen LogP contribution in [-0.2, 0) is 9.53 Å². The number of nitrogens with one attached hydrogen (secondary N) is 2. The van der Waals surface area contributed by atoms with Crippen molar-refractivity contribution >= 4 is 23.7 Å². The van der Waals surface area contributed by atoms with E-state index in [2.05, 4.69) is 10.6 Å². The molecule has 3 aromatic rings. The average molecular weight is 477 g/mol. The molecule has 1 atom stereocenters. The molecule has 0 radical (unpaired) electrons. The fourth-order valence-electron chi connectivity index (χ4n) is 4.28. The number of fused-ring (bicyclic) bond motifs is 3. The number of carbonyl (C=O) groups is 3. The molecule has 180 valence electrons. The molecule has 0 saturated carbocycles. The molecule has 4 rings (SSSR count). The summed E-state index contributed by atoms with van der Waals surface area (Å²) < 4.78 is 20.4. The van der Waals surface area contributed by atoms with Crippen molar-refractivity contribution in [3.8, 4) is 11.1 Å². The lowest BCUT2D eigenvalue weighted by Crippen LogP contribution is -2.44. The molecule has 3 aromatic carbocycles. The second-order valence-electron chi connectivity index (χ2n) is 8.65. The minimum Gasteiger partial charge on any atom is -0.480 e. The number of anilines is 1. The number of rotatable bonds is 7. The number of carboxylic acids is 1. The SMILES string of the molecule is CC(C)[C@H](NC(=O)c1cccc(NC(=O)OCC2c3ccccc3-c3ccccc32)c1F)C(=O)O. The smallest absolute Gasteiger partial charge is 0.411 e. The van der Waals surface area contributed by atoms with Crippen molar-refractivity contribution in [1.29, 1.82) is 0 Å². The molecule has 3 N–H and O–H groups in total. The number of ether oxygens (including phenoxy) is 1. The number of carbonyl (C=O) groups excluding carboxylic acids is 2. The maximum Gasteiger partial charge on any atom is 0.411 e. The Hall–Kier alpha value is -4.20. The van der Waals surface area contributed by atoms with Crippen LogP contribution in [0, 0.1) is 11.7 Å². The minimum atomic E-state index is -1.22. The third-order valence-corrected chi connectivity index (χ3v) is 6.04. The van der Waals surface area contributed by atoms with Gasteiger partial charge >= 0.3 is 12.1 Å². The molecule has 7 nitrogen and oxygen atoms in total. The van der Waals surface area contributed by atoms with Gasteiger partial charge in [0.05, 0.1) is 11.3 Å². The molecule has 0 fully saturated rings. The summed E-state index contributed by atoms with van der Waals surface area (Å²) in [5, 5.41) is 13.9. The second-order valence-corrected chi connectivity index (χ2v) is 8.65. The van der Waals surface area contributed by atoms with E-state index in [4.69, 9.17) is 4.74 Å². The van der Waals surface area contributed by atoms with E-state index < -0.39 is 35.7 Å². The Morgan fingerprint density at radius 2 is 1.54 bits per heavy atom. The van der Waals surface area contributed by atoms with Gasteiger partial charge in [-0.25, -0.2) is 14.0 Å². The van der Waals surface area contributed by atoms with E-state index in [1.165, 1.54) is 18.2 Å². The molecule has 8 heteroatoms. The Kier molecular flexibility index (Phi) is 6.82. The van der Waals surface area contributed by atoms with E-state index in [9.17, 15) is 23.9 Å². The molecule has 35 heavy (non-hydrogen) atoms. The van der Waals surface area contributed by atoms with Crippen molar-refractivity contribution in [3.63, 3.8) is 0 Å². The van der Waals surface area contributed by atoms with Crippen LogP contribution in [-0.4, -0.2) is 35.7 Å². The largest absolute Gasteiger partial charge is 0.480 e. The molecule has 0 saturated heterocycles. The maximum absolute atomic E-state index is 15.0. The van der Waals surface area contributed by atoms with Crippen LogP contribution in [0.5, 0.6) is 0 Å². The number of aliphatic carboxylic acids is 1. The van der Waals surface area contributed by atoms with Crippen molar-refractivity contribution in [3.05, 3.63) is 89.2 Å². The molecule has 0 bridgehead atoms. The summed E-state index contributed by atoms with van der Waals surface area (Å²) in [5.41, 5.74) is 3.64. The number of carboxylic acid groups (broad SMARTS) is 1. The summed E-state index contributed by atoms with van der Waals surface area (Å²) in [6.07, 6.45) is -0.867. The molecule has 0 aromatic heterocycles. The zero-order valence-electron chi connectivity index (χ0n) is 19.2. The lowest BCUT2D eigenvalue weighted by atomic mass is 9.98. The highest BCUT2D eigenvalue weighted by atomic mass is 19.1. The van der Waals surface area contributed by atoms with Gasteiger partial charge in [-0.3, -0.25) is 10.1 Å². The quantitative estimate of drug-likeness (QED) is 0.444. The van der Waals surface area contributed by atoms with Crippen molar-refractivity contribution in [2.75, 3.05) is 11.9 Å². The van der Waals surface area contributed by atoms with E-state index in [1.54, 1.807) is 13.8 Å². The van der Waals surface area contributed by atoms with Crippen LogP contribution in [0.15, 0.2) is 66.7 Å². The van der Waals surface area contributed by atoms with E-state index >= 15 is 0 Å². The Labute approximate surface area is 201 Å². The minimum absolute atomic E-state index is 0.0519. The first-order valence-corrected chi connectivity index (χ1v) is 11.2. The van der Waals surface area contributed by atoms with Crippen molar-refractivity contribution in [1.82, 2.24) is 5.32 Å². The third kappa shape index (κ3) is 4.87. The van der Waals surface area contributed by atoms with E-state index in [0.717, 1.165) is 22.3 Å². The monoisotopic (exact) mass is 476 g/mol. The number of hydrogen-bond donors (Lipinski definition) is 3. The Morgan fingerprint density at radius 3 is 2.11 bits per heavy atom. The highest BCUT2D eigenvalue weighted by Crippen LogP contribution is 2.44. The summed E-state index contributed by atoms with van der Waals surface area (Å²) in [4.78, 5) is 36.4. The lowest BCUT2D eigenvalue weighted by molar-refractivity contribution is -0.140. The summed E-state index contributed by atoms with van der Waals surface area (Å²) >= 11 is 0. The van der Waals surface area contributed by atoms with Gasteiger partial charge in [0.25, 0.3) is 5.91 Å². The average Bonchev–Trinajstić information content (AvgIpc) is 3.15. The van der Waals surface area contributed by atoms with Crippen LogP contribution >= 0.6 is 0 Å². The predicted octanol–water partition coefficient (Wildman–Crippen LogP) is 5.03. The van der Waals surface area contributed by atoms with Gasteiger partial charge in [0.2, 0.25) is 0 Å². The number of amides is 2. The first-order valence-electron chi connectivity index (χ1n) is 11.2. The van der Waals surface area contributed by atoms with Crippen molar-refractivity contribution in [2.45, 2.75) is 25.8 Å². The van der Waals surface area contributed by atoms with E-state index in [1.807, 2.05) is 48.5 Å². The van der Waals surface area contributed by atoms with Gasteiger partial charge in [0.15, 0.2) is 5.82 Å². The highest BCUT2D eigenvalue weighted by Gasteiger charge is 2.29. The summed E-state index contributed by atoms with van der Waals surface area (Å²) in [5.74, 6) is -3.64. The first-order chi connectivity index (χ1) is 16.8. The van der Waals surface area contributed by atoms with Crippen LogP contribution in [0.25, 0.3) is 11.1 Å². The van der Waals surface area contributed by atoms with Gasteiger partial charge in [-0.15, -0.1) is 0 Å². The van der Waals surface area contributed by atoms with E-state index in [0.29, 0.717) is 0 Å². The van der Waals surface area contributed by atoms with Gasteiger partial charge < -0.3 is 15.2 Å². The van der Waals surface area contributed by atoms with Crippen molar-refractivity contribution < 1.29 is 28.6 Å². The molecule has 2 amide bonds. The molecule has 0 aliphatic heterocycles. The normalized spacial score (nSPS) is 13.0. The van der Waals surface area contributed by atoms with Gasteiger partial charge in [0.1, 0.15) is 12.6 Å². The fourth-order valence-corrected chi connectivity index (χ4v) is 4.28. The number of hydrogen-bond acceptors (Lipinski definition) is 4. The molecule has 0 spiro atoms. The van der Waals surface area contributed by atoms with Crippen LogP contribution in [0.3, 0.4) is 0 Å². The number of halogens is 1. The highest BCUT2D eigenvalue weighted by molar-refractivity contribution is 5.98. The summed E-state index contributed by atoms with van der Waals surface area (Å²) in [6.45, 7) is 3.31. The zero-order valence-corrected chi connectivity index (χ0v) is 19.2. The standard InChI is InChI=1S/C27H25FN2O5/c1-15(2)24(26(32)33)30-25(31)20-12-7-13-22(23(20)28)29-27(34)35-14-21-18-10-5-3-8-16(18)17-9-4-6-11-19(17)21/h3-13,15,21,24H,14H2,1-2H3,(H,29,34)(H,30,31)(H,32,33)/t24-/m0/s1. The van der Waals surface area contributed by atoms with Gasteiger partial charge in [-0.05, 0) is 40.3 Å². The van der Waals surface area contributed by atoms with Gasteiger partial charge in [-0.2, -0.15) is 0 Å². The third-order valence-electron chi connectivity index (χ3n) is 6.04. The summed E-state index contributed by atoms with van der Waals surface area (Å²) in [6, 6.07) is 18.5.